The van der Waals surface area contributed by atoms with Gasteiger partial charge in [-0.25, -0.2) is 0 Å². The van der Waals surface area contributed by atoms with Gasteiger partial charge in [0.2, 0.25) is 0 Å². The van der Waals surface area contributed by atoms with E-state index in [1.54, 1.807) is 17.0 Å². The van der Waals surface area contributed by atoms with Crippen LogP contribution in [0.5, 0.6) is 0 Å². The monoisotopic (exact) mass is 177 g/mol. The number of fused-ring (bicyclic) bond motifs is 1. The van der Waals surface area contributed by atoms with Crippen molar-refractivity contribution >= 4 is 10.9 Å². The minimum absolute atomic E-state index is 0.00926. The van der Waals surface area contributed by atoms with E-state index < -0.39 is 0 Å². The van der Waals surface area contributed by atoms with Crippen molar-refractivity contribution in [3.05, 3.63) is 28.8 Å². The number of aromatic nitrogens is 3. The van der Waals surface area contributed by atoms with Gasteiger partial charge in [-0.3, -0.25) is 9.89 Å². The molecule has 0 aliphatic carbocycles. The second kappa shape index (κ2) is 2.73. The lowest BCUT2D eigenvalue weighted by Crippen LogP contribution is -2.21. The first kappa shape index (κ1) is 8.04. The van der Waals surface area contributed by atoms with Gasteiger partial charge in [0.05, 0.1) is 6.20 Å². The molecule has 0 amide bonds. The third kappa shape index (κ3) is 1.14. The number of nitrogens with zero attached hydrogens (tertiary/aromatic N) is 2. The van der Waals surface area contributed by atoms with Crippen LogP contribution in [0.15, 0.2) is 23.3 Å². The molecule has 2 rings (SSSR count). The molecule has 0 radical (unpaired) electrons. The average Bonchev–Trinajstić information content (AvgIpc) is 2.52. The summed E-state index contributed by atoms with van der Waals surface area (Å²) in [5.41, 5.74) is 0.571. The van der Waals surface area contributed by atoms with E-state index in [2.05, 4.69) is 10.2 Å². The summed E-state index contributed by atoms with van der Waals surface area (Å²) in [7, 11) is 0. The molecule has 2 aromatic heterocycles. The summed E-state index contributed by atoms with van der Waals surface area (Å²) in [6, 6.07) is 2.07. The largest absolute Gasteiger partial charge is 0.311 e. The molecule has 2 aromatic rings. The van der Waals surface area contributed by atoms with Gasteiger partial charge < -0.3 is 4.57 Å². The highest BCUT2D eigenvalue weighted by atomic mass is 16.1. The lowest BCUT2D eigenvalue weighted by Gasteiger charge is -2.08. The van der Waals surface area contributed by atoms with Crippen LogP contribution >= 0.6 is 0 Å². The summed E-state index contributed by atoms with van der Waals surface area (Å²) < 4.78 is 1.68. The van der Waals surface area contributed by atoms with E-state index in [4.69, 9.17) is 0 Å². The molecule has 0 saturated carbocycles. The highest BCUT2D eigenvalue weighted by molar-refractivity contribution is 5.76. The first-order valence-electron chi connectivity index (χ1n) is 4.24. The van der Waals surface area contributed by atoms with E-state index in [1.165, 1.54) is 0 Å². The number of pyridine rings is 1. The highest BCUT2D eigenvalue weighted by Gasteiger charge is 2.05. The predicted octanol–water partition coefficient (Wildman–Crippen LogP) is 1.31. The molecular formula is C9H11N3O. The third-order valence-electron chi connectivity index (χ3n) is 2.09. The first-order valence-corrected chi connectivity index (χ1v) is 4.24. The Morgan fingerprint density at radius 3 is 3.00 bits per heavy atom. The average molecular weight is 177 g/mol. The summed E-state index contributed by atoms with van der Waals surface area (Å²) in [6.45, 7) is 3.95. The number of H-pyrrole nitrogens is 1. The summed E-state index contributed by atoms with van der Waals surface area (Å²) in [5.74, 6) is 0. The number of hydrogen-bond acceptors (Lipinski definition) is 2. The Morgan fingerprint density at radius 2 is 2.31 bits per heavy atom. The second-order valence-electron chi connectivity index (χ2n) is 3.32. The Balaban J connectivity index is 2.81. The van der Waals surface area contributed by atoms with Crippen LogP contribution in [-0.2, 0) is 0 Å². The molecule has 0 bridgehead atoms. The molecule has 68 valence electrons. The van der Waals surface area contributed by atoms with Crippen molar-refractivity contribution in [2.75, 3.05) is 0 Å². The molecule has 0 aromatic carbocycles. The van der Waals surface area contributed by atoms with Crippen LogP contribution in [0.2, 0.25) is 0 Å². The molecule has 0 fully saturated rings. The maximum atomic E-state index is 11.7. The highest BCUT2D eigenvalue weighted by Crippen LogP contribution is 2.07. The van der Waals surface area contributed by atoms with Gasteiger partial charge in [-0.15, -0.1) is 0 Å². The molecule has 2 heterocycles. The van der Waals surface area contributed by atoms with E-state index in [9.17, 15) is 4.79 Å². The Bertz CT molecular complexity index is 481. The van der Waals surface area contributed by atoms with Gasteiger partial charge in [0.1, 0.15) is 5.52 Å². The Hall–Kier alpha value is -1.58. The Labute approximate surface area is 75.2 Å². The maximum absolute atomic E-state index is 11.7. The lowest BCUT2D eigenvalue weighted by atomic mass is 10.3. The fraction of sp³-hybridized carbons (Fsp3) is 0.333. The third-order valence-corrected chi connectivity index (χ3v) is 2.09. The summed E-state index contributed by atoms with van der Waals surface area (Å²) in [6.07, 6.45) is 3.45. The SMILES string of the molecule is CC(C)n1ccc2cn[nH]c2c1=O. The summed E-state index contributed by atoms with van der Waals surface area (Å²) in [5, 5.41) is 7.39. The fourth-order valence-corrected chi connectivity index (χ4v) is 1.36. The standard InChI is InChI=1S/C9H11N3O/c1-6(2)12-4-3-7-5-10-11-8(7)9(12)13/h3-6H,1-2H3,(H,10,11). The quantitative estimate of drug-likeness (QED) is 0.713. The van der Waals surface area contributed by atoms with Crippen molar-refractivity contribution in [2.45, 2.75) is 19.9 Å². The molecule has 1 N–H and O–H groups in total. The van der Waals surface area contributed by atoms with Gasteiger partial charge in [-0.1, -0.05) is 0 Å². The van der Waals surface area contributed by atoms with Crippen LogP contribution in [0.25, 0.3) is 10.9 Å². The number of aromatic amines is 1. The molecule has 0 aliphatic rings. The molecule has 4 nitrogen and oxygen atoms in total. The fourth-order valence-electron chi connectivity index (χ4n) is 1.36. The van der Waals surface area contributed by atoms with Crippen molar-refractivity contribution in [1.29, 1.82) is 0 Å². The molecule has 0 saturated heterocycles. The smallest absolute Gasteiger partial charge is 0.276 e. The van der Waals surface area contributed by atoms with Crippen LogP contribution in [0.1, 0.15) is 19.9 Å². The van der Waals surface area contributed by atoms with Gasteiger partial charge in [0, 0.05) is 17.6 Å². The topological polar surface area (TPSA) is 50.7 Å². The molecule has 0 atom stereocenters. The van der Waals surface area contributed by atoms with Gasteiger partial charge >= 0.3 is 0 Å². The van der Waals surface area contributed by atoms with Crippen LogP contribution in [0.3, 0.4) is 0 Å². The number of nitrogens with one attached hydrogen (secondary N) is 1. The zero-order chi connectivity index (χ0) is 9.42. The Morgan fingerprint density at radius 1 is 1.54 bits per heavy atom. The minimum Gasteiger partial charge on any atom is -0.311 e. The zero-order valence-corrected chi connectivity index (χ0v) is 7.61. The molecule has 0 spiro atoms. The van der Waals surface area contributed by atoms with E-state index in [1.807, 2.05) is 19.9 Å². The van der Waals surface area contributed by atoms with Crippen molar-refractivity contribution in [3.63, 3.8) is 0 Å². The van der Waals surface area contributed by atoms with Crippen LogP contribution in [0, 0.1) is 0 Å². The first-order chi connectivity index (χ1) is 6.20. The van der Waals surface area contributed by atoms with Crippen LogP contribution in [-0.4, -0.2) is 14.8 Å². The van der Waals surface area contributed by atoms with E-state index in [-0.39, 0.29) is 11.6 Å². The number of rotatable bonds is 1. The van der Waals surface area contributed by atoms with Crippen molar-refractivity contribution in [3.8, 4) is 0 Å². The van der Waals surface area contributed by atoms with E-state index >= 15 is 0 Å². The summed E-state index contributed by atoms with van der Waals surface area (Å²) >= 11 is 0. The van der Waals surface area contributed by atoms with Gasteiger partial charge in [-0.2, -0.15) is 5.10 Å². The van der Waals surface area contributed by atoms with Crippen molar-refractivity contribution in [2.24, 2.45) is 0 Å². The van der Waals surface area contributed by atoms with Crippen LogP contribution in [0.4, 0.5) is 0 Å². The lowest BCUT2D eigenvalue weighted by molar-refractivity contribution is 0.582. The normalized spacial score (nSPS) is 11.3. The van der Waals surface area contributed by atoms with Crippen LogP contribution < -0.4 is 5.56 Å². The second-order valence-corrected chi connectivity index (χ2v) is 3.32. The van der Waals surface area contributed by atoms with Crippen molar-refractivity contribution < 1.29 is 0 Å². The molecule has 13 heavy (non-hydrogen) atoms. The molecule has 4 heteroatoms. The molecular weight excluding hydrogens is 166 g/mol. The van der Waals surface area contributed by atoms with Gasteiger partial charge in [0.15, 0.2) is 0 Å². The minimum atomic E-state index is -0.00926. The van der Waals surface area contributed by atoms with E-state index in [0.717, 1.165) is 5.39 Å². The maximum Gasteiger partial charge on any atom is 0.276 e. The zero-order valence-electron chi connectivity index (χ0n) is 7.61. The number of hydrogen-bond donors (Lipinski definition) is 1. The molecule has 0 unspecified atom stereocenters. The van der Waals surface area contributed by atoms with Crippen molar-refractivity contribution in [1.82, 2.24) is 14.8 Å². The van der Waals surface area contributed by atoms with Gasteiger partial charge in [0.25, 0.3) is 5.56 Å². The Kier molecular flexibility index (Phi) is 1.69. The molecule has 0 aliphatic heterocycles. The summed E-state index contributed by atoms with van der Waals surface area (Å²) in [4.78, 5) is 11.7. The van der Waals surface area contributed by atoms with Gasteiger partial charge in [-0.05, 0) is 19.9 Å². The predicted molar refractivity (Wildman–Crippen MR) is 50.7 cm³/mol. The van der Waals surface area contributed by atoms with E-state index in [0.29, 0.717) is 5.52 Å².